The summed E-state index contributed by atoms with van der Waals surface area (Å²) in [5.41, 5.74) is 3.82. The van der Waals surface area contributed by atoms with Crippen LogP contribution in [0.1, 0.15) is 0 Å². The third-order valence-corrected chi connectivity index (χ3v) is 5.27. The Kier molecular flexibility index (Phi) is 3.93. The number of imidazole rings is 1. The minimum absolute atomic E-state index is 0.295. The first-order chi connectivity index (χ1) is 12.5. The summed E-state index contributed by atoms with van der Waals surface area (Å²) >= 11 is 0. The first kappa shape index (κ1) is 16.3. The Bertz CT molecular complexity index is 1130. The van der Waals surface area contributed by atoms with E-state index in [1.807, 2.05) is 41.1 Å². The summed E-state index contributed by atoms with van der Waals surface area (Å²) in [7, 11) is -3.21. The molecule has 0 radical (unpaired) electrons. The minimum Gasteiger partial charge on any atom is -0.300 e. The highest BCUT2D eigenvalue weighted by molar-refractivity contribution is 7.90. The van der Waals surface area contributed by atoms with Crippen LogP contribution < -0.4 is 0 Å². The Hall–Kier alpha value is -3.19. The van der Waals surface area contributed by atoms with Crippen LogP contribution in [0.3, 0.4) is 0 Å². The van der Waals surface area contributed by atoms with Crippen molar-refractivity contribution in [3.63, 3.8) is 0 Å². The molecule has 4 rings (SSSR count). The van der Waals surface area contributed by atoms with Gasteiger partial charge in [0.25, 0.3) is 0 Å². The van der Waals surface area contributed by atoms with Gasteiger partial charge in [-0.3, -0.25) is 9.67 Å². The lowest BCUT2D eigenvalue weighted by Crippen LogP contribution is -1.98. The zero-order chi connectivity index (χ0) is 18.1. The van der Waals surface area contributed by atoms with Crippen LogP contribution in [0.4, 0.5) is 0 Å². The van der Waals surface area contributed by atoms with Crippen LogP contribution in [0, 0.1) is 0 Å². The molecule has 7 heteroatoms. The highest BCUT2D eigenvalue weighted by Gasteiger charge is 2.11. The molecule has 26 heavy (non-hydrogen) atoms. The standard InChI is InChI=1S/C19H16N4O2S/c1-26(24,25)17-8-4-15(5-9-17)19-20-12-13-23(19)16-6-2-14(3-7-16)18-10-11-21-22-18/h2-13H,1H3,(H,21,22). The third-order valence-electron chi connectivity index (χ3n) is 4.14. The van der Waals surface area contributed by atoms with Gasteiger partial charge < -0.3 is 0 Å². The van der Waals surface area contributed by atoms with E-state index in [0.29, 0.717) is 4.90 Å². The first-order valence-electron chi connectivity index (χ1n) is 7.96. The summed E-state index contributed by atoms with van der Waals surface area (Å²) in [4.78, 5) is 4.72. The van der Waals surface area contributed by atoms with Gasteiger partial charge in [-0.1, -0.05) is 12.1 Å². The van der Waals surface area contributed by atoms with Crippen LogP contribution in [0.15, 0.2) is 78.1 Å². The van der Waals surface area contributed by atoms with Crippen molar-refractivity contribution in [3.8, 4) is 28.3 Å². The fourth-order valence-electron chi connectivity index (χ4n) is 2.79. The number of nitrogens with one attached hydrogen (secondary N) is 1. The summed E-state index contributed by atoms with van der Waals surface area (Å²) in [5, 5.41) is 6.91. The lowest BCUT2D eigenvalue weighted by atomic mass is 10.1. The van der Waals surface area contributed by atoms with Gasteiger partial charge in [0.1, 0.15) is 5.82 Å². The number of hydrogen-bond acceptors (Lipinski definition) is 4. The van der Waals surface area contributed by atoms with Crippen LogP contribution in [-0.2, 0) is 9.84 Å². The number of sulfone groups is 1. The van der Waals surface area contributed by atoms with E-state index in [0.717, 1.165) is 28.3 Å². The van der Waals surface area contributed by atoms with Gasteiger partial charge in [0.15, 0.2) is 9.84 Å². The van der Waals surface area contributed by atoms with Crippen molar-refractivity contribution in [2.45, 2.75) is 4.90 Å². The van der Waals surface area contributed by atoms with E-state index < -0.39 is 9.84 Å². The summed E-state index contributed by atoms with van der Waals surface area (Å²) < 4.78 is 25.2. The van der Waals surface area contributed by atoms with Crippen molar-refractivity contribution in [2.24, 2.45) is 0 Å². The quantitative estimate of drug-likeness (QED) is 0.602. The number of rotatable bonds is 4. The zero-order valence-corrected chi connectivity index (χ0v) is 14.8. The number of aromatic nitrogens is 4. The lowest BCUT2D eigenvalue weighted by Gasteiger charge is -2.09. The van der Waals surface area contributed by atoms with Gasteiger partial charge in [-0.25, -0.2) is 13.4 Å². The van der Waals surface area contributed by atoms with Crippen LogP contribution in [-0.4, -0.2) is 34.4 Å². The molecule has 0 bridgehead atoms. The smallest absolute Gasteiger partial charge is 0.175 e. The second kappa shape index (κ2) is 6.27. The number of aromatic amines is 1. The molecule has 0 amide bonds. The highest BCUT2D eigenvalue weighted by Crippen LogP contribution is 2.25. The van der Waals surface area contributed by atoms with Crippen LogP contribution in [0.2, 0.25) is 0 Å². The predicted octanol–water partition coefficient (Wildman–Crippen LogP) is 3.33. The van der Waals surface area contributed by atoms with Crippen molar-refractivity contribution in [1.82, 2.24) is 19.7 Å². The molecular weight excluding hydrogens is 348 g/mol. The van der Waals surface area contributed by atoms with Gasteiger partial charge in [0.05, 0.1) is 10.6 Å². The van der Waals surface area contributed by atoms with Gasteiger partial charge in [-0.05, 0) is 48.0 Å². The van der Waals surface area contributed by atoms with Gasteiger partial charge in [-0.15, -0.1) is 0 Å². The Morgan fingerprint density at radius 2 is 1.58 bits per heavy atom. The van der Waals surface area contributed by atoms with E-state index in [9.17, 15) is 8.42 Å². The molecule has 0 fully saturated rings. The van der Waals surface area contributed by atoms with E-state index in [2.05, 4.69) is 15.2 Å². The molecule has 0 unspecified atom stereocenters. The fourth-order valence-corrected chi connectivity index (χ4v) is 3.43. The Morgan fingerprint density at radius 1 is 0.885 bits per heavy atom. The minimum atomic E-state index is -3.21. The highest BCUT2D eigenvalue weighted by atomic mass is 32.2. The molecule has 130 valence electrons. The second-order valence-corrected chi connectivity index (χ2v) is 7.95. The maximum atomic E-state index is 11.6. The molecule has 2 heterocycles. The monoisotopic (exact) mass is 364 g/mol. The lowest BCUT2D eigenvalue weighted by molar-refractivity contribution is 0.602. The molecule has 2 aromatic carbocycles. The maximum absolute atomic E-state index is 11.6. The largest absolute Gasteiger partial charge is 0.300 e. The molecule has 6 nitrogen and oxygen atoms in total. The number of nitrogens with zero attached hydrogens (tertiary/aromatic N) is 3. The predicted molar refractivity (Wildman–Crippen MR) is 99.7 cm³/mol. The Labute approximate surface area is 151 Å². The Balaban J connectivity index is 1.69. The molecular formula is C19H16N4O2S. The van der Waals surface area contributed by atoms with Crippen LogP contribution in [0.5, 0.6) is 0 Å². The molecule has 2 aromatic heterocycles. The van der Waals surface area contributed by atoms with E-state index in [1.54, 1.807) is 36.7 Å². The molecule has 4 aromatic rings. The zero-order valence-electron chi connectivity index (χ0n) is 14.0. The average Bonchev–Trinajstić information content (AvgIpc) is 3.33. The summed E-state index contributed by atoms with van der Waals surface area (Å²) in [5.74, 6) is 0.749. The van der Waals surface area contributed by atoms with Crippen molar-refractivity contribution in [1.29, 1.82) is 0 Å². The number of H-pyrrole nitrogens is 1. The molecule has 0 saturated heterocycles. The molecule has 0 atom stereocenters. The average molecular weight is 364 g/mol. The fraction of sp³-hybridized carbons (Fsp3) is 0.0526. The van der Waals surface area contributed by atoms with Crippen molar-refractivity contribution >= 4 is 9.84 Å². The van der Waals surface area contributed by atoms with E-state index >= 15 is 0 Å². The van der Waals surface area contributed by atoms with Crippen LogP contribution >= 0.6 is 0 Å². The molecule has 0 saturated carbocycles. The van der Waals surface area contributed by atoms with E-state index in [-0.39, 0.29) is 0 Å². The van der Waals surface area contributed by atoms with E-state index in [4.69, 9.17) is 0 Å². The molecule has 1 N–H and O–H groups in total. The number of benzene rings is 2. The van der Waals surface area contributed by atoms with Gasteiger partial charge >= 0.3 is 0 Å². The number of hydrogen-bond donors (Lipinski definition) is 1. The molecule has 0 aliphatic carbocycles. The third kappa shape index (κ3) is 3.04. The molecule has 0 aliphatic heterocycles. The topological polar surface area (TPSA) is 80.6 Å². The van der Waals surface area contributed by atoms with Crippen molar-refractivity contribution < 1.29 is 8.42 Å². The van der Waals surface area contributed by atoms with Crippen LogP contribution in [0.25, 0.3) is 28.3 Å². The first-order valence-corrected chi connectivity index (χ1v) is 9.85. The molecule has 0 aliphatic rings. The second-order valence-electron chi connectivity index (χ2n) is 5.93. The van der Waals surface area contributed by atoms with Crippen molar-refractivity contribution in [3.05, 3.63) is 73.2 Å². The summed E-state index contributed by atoms with van der Waals surface area (Å²) in [6, 6.07) is 16.7. The summed E-state index contributed by atoms with van der Waals surface area (Å²) in [6.07, 6.45) is 6.52. The van der Waals surface area contributed by atoms with Gasteiger partial charge in [-0.2, -0.15) is 5.10 Å². The molecule has 0 spiro atoms. The van der Waals surface area contributed by atoms with Gasteiger partial charge in [0, 0.05) is 36.1 Å². The normalized spacial score (nSPS) is 11.6. The maximum Gasteiger partial charge on any atom is 0.175 e. The van der Waals surface area contributed by atoms with Gasteiger partial charge in [0.2, 0.25) is 0 Å². The van der Waals surface area contributed by atoms with Crippen molar-refractivity contribution in [2.75, 3.05) is 6.26 Å². The SMILES string of the molecule is CS(=O)(=O)c1ccc(-c2nccn2-c2ccc(-c3ccn[nH]3)cc2)cc1. The van der Waals surface area contributed by atoms with E-state index in [1.165, 1.54) is 6.26 Å². The Morgan fingerprint density at radius 3 is 2.19 bits per heavy atom. The summed E-state index contributed by atoms with van der Waals surface area (Å²) in [6.45, 7) is 0.